The highest BCUT2D eigenvalue weighted by atomic mass is 79.9. The van der Waals surface area contributed by atoms with Crippen LogP contribution in [0, 0.1) is 11.3 Å². The standard InChI is InChI=1S/C9H6BrN3/c10-7-2-4-13-8(1-3-11)6-12-9(13)5-7/h2,4-6H,1H2. The second-order valence-corrected chi connectivity index (χ2v) is 3.57. The molecule has 0 spiro atoms. The molecular weight excluding hydrogens is 230 g/mol. The van der Waals surface area contributed by atoms with Gasteiger partial charge < -0.3 is 4.40 Å². The van der Waals surface area contributed by atoms with Gasteiger partial charge in [0.25, 0.3) is 0 Å². The molecule has 0 atom stereocenters. The van der Waals surface area contributed by atoms with E-state index in [0.717, 1.165) is 15.8 Å². The first-order valence-corrected chi connectivity index (χ1v) is 4.59. The van der Waals surface area contributed by atoms with Crippen LogP contribution >= 0.6 is 15.9 Å². The minimum atomic E-state index is 0.392. The van der Waals surface area contributed by atoms with Crippen molar-refractivity contribution in [2.45, 2.75) is 6.42 Å². The molecule has 64 valence electrons. The van der Waals surface area contributed by atoms with Gasteiger partial charge in [0.05, 0.1) is 24.4 Å². The zero-order valence-corrected chi connectivity index (χ0v) is 8.32. The molecule has 0 bridgehead atoms. The number of pyridine rings is 1. The predicted octanol–water partition coefficient (Wildman–Crippen LogP) is 2.16. The quantitative estimate of drug-likeness (QED) is 0.761. The van der Waals surface area contributed by atoms with E-state index < -0.39 is 0 Å². The number of aromatic nitrogens is 2. The van der Waals surface area contributed by atoms with Gasteiger partial charge in [0.1, 0.15) is 5.65 Å². The van der Waals surface area contributed by atoms with E-state index in [1.165, 1.54) is 0 Å². The minimum absolute atomic E-state index is 0.392. The smallest absolute Gasteiger partial charge is 0.138 e. The number of hydrogen-bond acceptors (Lipinski definition) is 2. The van der Waals surface area contributed by atoms with Crippen molar-refractivity contribution < 1.29 is 0 Å². The molecule has 4 heteroatoms. The third-order valence-corrected chi connectivity index (χ3v) is 2.31. The zero-order chi connectivity index (χ0) is 9.26. The van der Waals surface area contributed by atoms with Gasteiger partial charge in [0.2, 0.25) is 0 Å². The fourth-order valence-corrected chi connectivity index (χ4v) is 1.54. The average molecular weight is 236 g/mol. The van der Waals surface area contributed by atoms with Crippen molar-refractivity contribution in [1.82, 2.24) is 9.38 Å². The Kier molecular flexibility index (Phi) is 2.03. The summed E-state index contributed by atoms with van der Waals surface area (Å²) < 4.78 is 2.91. The summed E-state index contributed by atoms with van der Waals surface area (Å²) in [5, 5.41) is 8.55. The molecule has 2 aromatic heterocycles. The summed E-state index contributed by atoms with van der Waals surface area (Å²) in [6.45, 7) is 0. The van der Waals surface area contributed by atoms with Gasteiger partial charge in [-0.3, -0.25) is 0 Å². The van der Waals surface area contributed by atoms with Crippen LogP contribution in [0.3, 0.4) is 0 Å². The van der Waals surface area contributed by atoms with E-state index in [-0.39, 0.29) is 0 Å². The van der Waals surface area contributed by atoms with Crippen molar-refractivity contribution in [3.63, 3.8) is 0 Å². The minimum Gasteiger partial charge on any atom is -0.303 e. The van der Waals surface area contributed by atoms with E-state index in [1.807, 2.05) is 22.7 Å². The Bertz CT molecular complexity index is 481. The van der Waals surface area contributed by atoms with Gasteiger partial charge in [0, 0.05) is 10.7 Å². The molecule has 0 amide bonds. The van der Waals surface area contributed by atoms with Crippen LogP contribution in [0.4, 0.5) is 0 Å². The van der Waals surface area contributed by atoms with Gasteiger partial charge >= 0.3 is 0 Å². The van der Waals surface area contributed by atoms with Gasteiger partial charge in [-0.15, -0.1) is 0 Å². The first kappa shape index (κ1) is 8.27. The molecule has 0 aromatic carbocycles. The zero-order valence-electron chi connectivity index (χ0n) is 6.74. The lowest BCUT2D eigenvalue weighted by molar-refractivity contribution is 1.05. The van der Waals surface area contributed by atoms with Crippen molar-refractivity contribution >= 4 is 21.6 Å². The maximum atomic E-state index is 8.55. The van der Waals surface area contributed by atoms with E-state index >= 15 is 0 Å². The lowest BCUT2D eigenvalue weighted by atomic mass is 10.3. The molecule has 2 rings (SSSR count). The lowest BCUT2D eigenvalue weighted by Crippen LogP contribution is -1.90. The molecule has 3 nitrogen and oxygen atoms in total. The maximum Gasteiger partial charge on any atom is 0.138 e. The molecule has 0 N–H and O–H groups in total. The summed E-state index contributed by atoms with van der Waals surface area (Å²) in [5.41, 5.74) is 1.78. The second-order valence-electron chi connectivity index (χ2n) is 2.66. The highest BCUT2D eigenvalue weighted by molar-refractivity contribution is 9.10. The topological polar surface area (TPSA) is 41.1 Å². The van der Waals surface area contributed by atoms with Crippen LogP contribution in [-0.4, -0.2) is 9.38 Å². The third kappa shape index (κ3) is 1.43. The van der Waals surface area contributed by atoms with Crippen molar-refractivity contribution in [2.75, 3.05) is 0 Å². The average Bonchev–Trinajstić information content (AvgIpc) is 2.49. The number of rotatable bonds is 1. The first-order chi connectivity index (χ1) is 6.31. The Morgan fingerprint density at radius 3 is 3.23 bits per heavy atom. The van der Waals surface area contributed by atoms with Crippen molar-refractivity contribution in [3.05, 3.63) is 34.7 Å². The molecule has 2 heterocycles. The Labute approximate surface area is 83.8 Å². The van der Waals surface area contributed by atoms with Gasteiger partial charge in [0.15, 0.2) is 0 Å². The molecule has 0 unspecified atom stereocenters. The summed E-state index contributed by atoms with van der Waals surface area (Å²) in [4.78, 5) is 4.18. The SMILES string of the molecule is N#CCc1cnc2cc(Br)ccn12. The fourth-order valence-electron chi connectivity index (χ4n) is 1.22. The summed E-state index contributed by atoms with van der Waals surface area (Å²) in [6, 6.07) is 5.95. The molecule has 0 aliphatic rings. The third-order valence-electron chi connectivity index (χ3n) is 1.81. The van der Waals surface area contributed by atoms with Gasteiger partial charge in [-0.05, 0) is 12.1 Å². The number of nitrogens with zero attached hydrogens (tertiary/aromatic N) is 3. The van der Waals surface area contributed by atoms with Crippen LogP contribution in [0.1, 0.15) is 5.69 Å². The number of imidazole rings is 1. The maximum absolute atomic E-state index is 8.55. The second kappa shape index (κ2) is 3.19. The van der Waals surface area contributed by atoms with E-state index in [0.29, 0.717) is 6.42 Å². The van der Waals surface area contributed by atoms with E-state index in [1.54, 1.807) is 6.20 Å². The molecule has 0 aliphatic heterocycles. The van der Waals surface area contributed by atoms with E-state index in [9.17, 15) is 0 Å². The Morgan fingerprint density at radius 2 is 2.46 bits per heavy atom. The monoisotopic (exact) mass is 235 g/mol. The van der Waals surface area contributed by atoms with E-state index in [2.05, 4.69) is 27.0 Å². The number of halogens is 1. The summed E-state index contributed by atoms with van der Waals surface area (Å²) >= 11 is 3.36. The van der Waals surface area contributed by atoms with Crippen molar-refractivity contribution in [1.29, 1.82) is 5.26 Å². The molecule has 0 fully saturated rings. The molecular formula is C9H6BrN3. The predicted molar refractivity (Wildman–Crippen MR) is 52.2 cm³/mol. The van der Waals surface area contributed by atoms with Gasteiger partial charge in [-0.25, -0.2) is 4.98 Å². The van der Waals surface area contributed by atoms with Crippen molar-refractivity contribution in [3.8, 4) is 6.07 Å². The van der Waals surface area contributed by atoms with Crippen LogP contribution in [-0.2, 0) is 6.42 Å². The number of fused-ring (bicyclic) bond motifs is 1. The number of hydrogen-bond donors (Lipinski definition) is 0. The number of nitriles is 1. The first-order valence-electron chi connectivity index (χ1n) is 3.79. The fraction of sp³-hybridized carbons (Fsp3) is 0.111. The molecule has 2 aromatic rings. The molecule has 0 saturated heterocycles. The van der Waals surface area contributed by atoms with E-state index in [4.69, 9.17) is 5.26 Å². The van der Waals surface area contributed by atoms with Crippen LogP contribution < -0.4 is 0 Å². The van der Waals surface area contributed by atoms with Crippen LogP contribution in [0.5, 0.6) is 0 Å². The molecule has 0 aliphatic carbocycles. The summed E-state index contributed by atoms with van der Waals surface area (Å²) in [6.07, 6.45) is 4.02. The lowest BCUT2D eigenvalue weighted by Gasteiger charge is -1.96. The van der Waals surface area contributed by atoms with Crippen LogP contribution in [0.15, 0.2) is 29.0 Å². The van der Waals surface area contributed by atoms with Crippen LogP contribution in [0.25, 0.3) is 5.65 Å². The van der Waals surface area contributed by atoms with Crippen LogP contribution in [0.2, 0.25) is 0 Å². The normalized spacial score (nSPS) is 10.2. The summed E-state index contributed by atoms with van der Waals surface area (Å²) in [5.74, 6) is 0. The molecule has 0 radical (unpaired) electrons. The largest absolute Gasteiger partial charge is 0.303 e. The Balaban J connectivity index is 2.63. The molecule has 0 saturated carbocycles. The summed E-state index contributed by atoms with van der Waals surface area (Å²) in [7, 11) is 0. The highest BCUT2D eigenvalue weighted by Crippen LogP contribution is 2.13. The Hall–Kier alpha value is -1.34. The van der Waals surface area contributed by atoms with Gasteiger partial charge in [-0.1, -0.05) is 15.9 Å². The van der Waals surface area contributed by atoms with Crippen molar-refractivity contribution in [2.24, 2.45) is 0 Å². The molecule has 13 heavy (non-hydrogen) atoms. The van der Waals surface area contributed by atoms with Gasteiger partial charge in [-0.2, -0.15) is 5.26 Å². The Morgan fingerprint density at radius 1 is 1.62 bits per heavy atom. The highest BCUT2D eigenvalue weighted by Gasteiger charge is 2.01.